The van der Waals surface area contributed by atoms with Gasteiger partial charge in [0, 0.05) is 6.42 Å². The van der Waals surface area contributed by atoms with Crippen molar-refractivity contribution in [2.75, 3.05) is 0 Å². The Labute approximate surface area is 42.9 Å². The molecule has 0 spiro atoms. The summed E-state index contributed by atoms with van der Waals surface area (Å²) in [5.74, 6) is 4.79. The number of hydrogen-bond acceptors (Lipinski definition) is 3. The lowest BCUT2D eigenvalue weighted by molar-refractivity contribution is 0.307. The first kappa shape index (κ1) is 6.43. The van der Waals surface area contributed by atoms with Crippen molar-refractivity contribution in [2.24, 2.45) is 5.90 Å². The first-order valence-electron chi connectivity index (χ1n) is 2.25. The number of rotatable bonds is 2. The van der Waals surface area contributed by atoms with Gasteiger partial charge in [0.1, 0.15) is 0 Å². The van der Waals surface area contributed by atoms with Gasteiger partial charge in [-0.2, -0.15) is 5.90 Å². The molecule has 0 atom stereocenters. The van der Waals surface area contributed by atoms with E-state index in [0.29, 0.717) is 6.42 Å². The van der Waals surface area contributed by atoms with E-state index >= 15 is 0 Å². The molecule has 0 radical (unpaired) electrons. The molecule has 0 bridgehead atoms. The summed E-state index contributed by atoms with van der Waals surface area (Å²) in [6.07, 6.45) is 1.55. The highest BCUT2D eigenvalue weighted by molar-refractivity contribution is 5.71. The quantitative estimate of drug-likeness (QED) is 0.305. The van der Waals surface area contributed by atoms with Gasteiger partial charge < -0.3 is 4.84 Å². The van der Waals surface area contributed by atoms with Crippen LogP contribution < -0.4 is 5.90 Å². The van der Waals surface area contributed by atoms with Crippen LogP contribution in [0.3, 0.4) is 0 Å². The highest BCUT2D eigenvalue weighted by Crippen LogP contribution is 1.86. The van der Waals surface area contributed by atoms with Crippen LogP contribution in [0.2, 0.25) is 0 Å². The van der Waals surface area contributed by atoms with E-state index in [1.54, 1.807) is 0 Å². The summed E-state index contributed by atoms with van der Waals surface area (Å²) in [6, 6.07) is 0. The Hall–Kier alpha value is -0.570. The highest BCUT2D eigenvalue weighted by atomic mass is 16.6. The lowest BCUT2D eigenvalue weighted by atomic mass is 10.3. The smallest absolute Gasteiger partial charge is 0.206 e. The maximum atomic E-state index is 6.79. The molecule has 0 heterocycles. The zero-order valence-corrected chi connectivity index (χ0v) is 4.40. The topological polar surface area (TPSA) is 59.1 Å². The van der Waals surface area contributed by atoms with Crippen LogP contribution in [0.4, 0.5) is 0 Å². The molecule has 42 valence electrons. The van der Waals surface area contributed by atoms with Crippen LogP contribution in [0.25, 0.3) is 0 Å². The van der Waals surface area contributed by atoms with Crippen molar-refractivity contribution in [1.29, 1.82) is 5.41 Å². The first-order valence-corrected chi connectivity index (χ1v) is 2.25. The molecule has 3 heteroatoms. The standard InChI is InChI=1S/C4H10N2O/c1-2-3-4(5)7-6/h5H,2-3,6H2,1H3. The Morgan fingerprint density at radius 3 is 2.57 bits per heavy atom. The van der Waals surface area contributed by atoms with Crippen molar-refractivity contribution >= 4 is 5.90 Å². The fourth-order valence-corrected chi connectivity index (χ4v) is 0.286. The van der Waals surface area contributed by atoms with Gasteiger partial charge in [0.15, 0.2) is 0 Å². The number of nitrogens with two attached hydrogens (primary N) is 1. The number of hydrogen-bond donors (Lipinski definition) is 2. The number of nitrogens with one attached hydrogen (secondary N) is 1. The molecule has 0 saturated heterocycles. The average Bonchev–Trinajstić information content (AvgIpc) is 1.68. The van der Waals surface area contributed by atoms with Crippen molar-refractivity contribution in [2.45, 2.75) is 19.8 Å². The van der Waals surface area contributed by atoms with Gasteiger partial charge in [0.25, 0.3) is 0 Å². The maximum Gasteiger partial charge on any atom is 0.206 e. The largest absolute Gasteiger partial charge is 0.396 e. The van der Waals surface area contributed by atoms with Crippen LogP contribution in [0.15, 0.2) is 0 Å². The van der Waals surface area contributed by atoms with E-state index in [9.17, 15) is 0 Å². The van der Waals surface area contributed by atoms with Gasteiger partial charge >= 0.3 is 0 Å². The van der Waals surface area contributed by atoms with Crippen LogP contribution in [-0.4, -0.2) is 5.90 Å². The summed E-state index contributed by atoms with van der Waals surface area (Å²) in [5.41, 5.74) is 0. The Bertz CT molecular complexity index is 62.7. The van der Waals surface area contributed by atoms with Gasteiger partial charge in [-0.05, 0) is 6.42 Å². The maximum absolute atomic E-state index is 6.79. The molecule has 0 unspecified atom stereocenters. The Morgan fingerprint density at radius 2 is 2.43 bits per heavy atom. The minimum Gasteiger partial charge on any atom is -0.396 e. The van der Waals surface area contributed by atoms with E-state index in [4.69, 9.17) is 5.41 Å². The molecule has 0 aliphatic rings. The normalized spacial score (nSPS) is 8.29. The Kier molecular flexibility index (Phi) is 3.32. The second kappa shape index (κ2) is 3.61. The van der Waals surface area contributed by atoms with Crippen LogP contribution in [-0.2, 0) is 4.84 Å². The second-order valence-electron chi connectivity index (χ2n) is 1.29. The summed E-state index contributed by atoms with van der Waals surface area (Å²) in [5, 5.41) is 6.79. The van der Waals surface area contributed by atoms with Gasteiger partial charge in [-0.1, -0.05) is 6.92 Å². The first-order chi connectivity index (χ1) is 3.31. The lowest BCUT2D eigenvalue weighted by Crippen LogP contribution is -2.07. The van der Waals surface area contributed by atoms with Crippen molar-refractivity contribution in [3.8, 4) is 0 Å². The van der Waals surface area contributed by atoms with E-state index in [1.807, 2.05) is 6.92 Å². The van der Waals surface area contributed by atoms with Gasteiger partial charge in [-0.3, -0.25) is 5.41 Å². The van der Waals surface area contributed by atoms with Crippen molar-refractivity contribution in [1.82, 2.24) is 0 Å². The molecule has 0 aliphatic heterocycles. The SMILES string of the molecule is CCCC(=N)ON. The molecule has 0 aromatic carbocycles. The predicted molar refractivity (Wildman–Crippen MR) is 27.9 cm³/mol. The molecule has 3 N–H and O–H groups in total. The molecule has 0 aromatic rings. The minimum absolute atomic E-state index is 0.155. The molecule has 0 fully saturated rings. The van der Waals surface area contributed by atoms with Crippen LogP contribution in [0.5, 0.6) is 0 Å². The van der Waals surface area contributed by atoms with E-state index in [2.05, 4.69) is 10.7 Å². The lowest BCUT2D eigenvalue weighted by Gasteiger charge is -1.94. The molecular weight excluding hydrogens is 92.1 g/mol. The molecule has 0 saturated carbocycles. The third kappa shape index (κ3) is 3.26. The average molecular weight is 102 g/mol. The molecule has 0 aliphatic carbocycles. The zero-order chi connectivity index (χ0) is 5.70. The molecule has 7 heavy (non-hydrogen) atoms. The van der Waals surface area contributed by atoms with Crippen LogP contribution in [0.1, 0.15) is 19.8 Å². The zero-order valence-electron chi connectivity index (χ0n) is 4.40. The molecule has 3 nitrogen and oxygen atoms in total. The highest BCUT2D eigenvalue weighted by Gasteiger charge is 1.88. The molecule has 0 amide bonds. The van der Waals surface area contributed by atoms with Crippen molar-refractivity contribution in [3.63, 3.8) is 0 Å². The summed E-state index contributed by atoms with van der Waals surface area (Å²) in [7, 11) is 0. The monoisotopic (exact) mass is 102 g/mol. The van der Waals surface area contributed by atoms with Crippen molar-refractivity contribution in [3.05, 3.63) is 0 Å². The van der Waals surface area contributed by atoms with E-state index < -0.39 is 0 Å². The van der Waals surface area contributed by atoms with Crippen molar-refractivity contribution < 1.29 is 4.84 Å². The fraction of sp³-hybridized carbons (Fsp3) is 0.750. The van der Waals surface area contributed by atoms with E-state index in [-0.39, 0.29) is 5.90 Å². The van der Waals surface area contributed by atoms with Crippen LogP contribution >= 0.6 is 0 Å². The predicted octanol–water partition coefficient (Wildman–Crippen LogP) is 0.654. The summed E-state index contributed by atoms with van der Waals surface area (Å²) < 4.78 is 0. The molecule has 0 aromatic heterocycles. The van der Waals surface area contributed by atoms with Gasteiger partial charge in [-0.15, -0.1) is 0 Å². The fourth-order valence-electron chi connectivity index (χ4n) is 0.286. The third-order valence-electron chi connectivity index (χ3n) is 0.619. The molecular formula is C4H10N2O. The van der Waals surface area contributed by atoms with Gasteiger partial charge in [-0.25, -0.2) is 0 Å². The third-order valence-corrected chi connectivity index (χ3v) is 0.619. The van der Waals surface area contributed by atoms with Gasteiger partial charge in [0.2, 0.25) is 5.90 Å². The van der Waals surface area contributed by atoms with E-state index in [1.165, 1.54) is 0 Å². The Balaban J connectivity index is 3.00. The van der Waals surface area contributed by atoms with Gasteiger partial charge in [0.05, 0.1) is 0 Å². The molecule has 0 rings (SSSR count). The van der Waals surface area contributed by atoms with Crippen LogP contribution in [0, 0.1) is 5.41 Å². The minimum atomic E-state index is 0.155. The summed E-state index contributed by atoms with van der Waals surface area (Å²) in [6.45, 7) is 1.97. The summed E-state index contributed by atoms with van der Waals surface area (Å²) in [4.78, 5) is 4.07. The Morgan fingerprint density at radius 1 is 1.86 bits per heavy atom. The summed E-state index contributed by atoms with van der Waals surface area (Å²) >= 11 is 0. The second-order valence-corrected chi connectivity index (χ2v) is 1.29. The van der Waals surface area contributed by atoms with E-state index in [0.717, 1.165) is 6.42 Å².